The van der Waals surface area contributed by atoms with Crippen molar-refractivity contribution in [2.75, 3.05) is 7.11 Å². The Morgan fingerprint density at radius 2 is 1.90 bits per heavy atom. The highest BCUT2D eigenvalue weighted by Gasteiger charge is 2.11. The van der Waals surface area contributed by atoms with Gasteiger partial charge in [-0.1, -0.05) is 29.4 Å². The van der Waals surface area contributed by atoms with Gasteiger partial charge in [0.1, 0.15) is 5.75 Å². The Balaban J connectivity index is 1.95. The molecule has 0 saturated heterocycles. The molecule has 0 fully saturated rings. The van der Waals surface area contributed by atoms with Crippen LogP contribution >= 0.6 is 0 Å². The molecule has 2 N–H and O–H groups in total. The van der Waals surface area contributed by atoms with E-state index in [1.165, 1.54) is 0 Å². The standard InChI is InChI=1S/C16H15N3O2/c1-20-14-7-3-5-12(9-14)15-18-16(21-19-15)13-6-2-4-11(8-13)10-17/h2-9H,10,17H2,1H3. The molecule has 0 amide bonds. The first-order chi connectivity index (χ1) is 10.3. The second-order valence-corrected chi connectivity index (χ2v) is 4.56. The molecule has 0 saturated carbocycles. The normalized spacial score (nSPS) is 10.6. The van der Waals surface area contributed by atoms with Crippen LogP contribution in [0.1, 0.15) is 5.56 Å². The van der Waals surface area contributed by atoms with Crippen LogP contribution in [0.3, 0.4) is 0 Å². The lowest BCUT2D eigenvalue weighted by atomic mass is 10.1. The van der Waals surface area contributed by atoms with E-state index in [-0.39, 0.29) is 0 Å². The quantitative estimate of drug-likeness (QED) is 0.796. The van der Waals surface area contributed by atoms with E-state index >= 15 is 0 Å². The van der Waals surface area contributed by atoms with Crippen LogP contribution in [0.15, 0.2) is 53.1 Å². The number of rotatable bonds is 4. The van der Waals surface area contributed by atoms with E-state index in [9.17, 15) is 0 Å². The molecule has 1 aromatic heterocycles. The largest absolute Gasteiger partial charge is 0.497 e. The molecular formula is C16H15N3O2. The number of hydrogen-bond acceptors (Lipinski definition) is 5. The molecular weight excluding hydrogens is 266 g/mol. The van der Waals surface area contributed by atoms with E-state index < -0.39 is 0 Å². The van der Waals surface area contributed by atoms with E-state index in [4.69, 9.17) is 15.0 Å². The summed E-state index contributed by atoms with van der Waals surface area (Å²) in [7, 11) is 1.62. The molecule has 5 nitrogen and oxygen atoms in total. The van der Waals surface area contributed by atoms with Crippen LogP contribution in [-0.4, -0.2) is 17.3 Å². The van der Waals surface area contributed by atoms with E-state index in [1.807, 2.05) is 48.5 Å². The average molecular weight is 281 g/mol. The summed E-state index contributed by atoms with van der Waals surface area (Å²) in [5, 5.41) is 4.02. The third kappa shape index (κ3) is 2.78. The zero-order chi connectivity index (χ0) is 14.7. The Bertz CT molecular complexity index is 691. The first-order valence-electron chi connectivity index (χ1n) is 6.57. The van der Waals surface area contributed by atoms with Crippen LogP contribution in [-0.2, 0) is 6.54 Å². The molecule has 2 aromatic carbocycles. The average Bonchev–Trinajstić information content (AvgIpc) is 3.05. The molecule has 0 radical (unpaired) electrons. The van der Waals surface area contributed by atoms with Crippen molar-refractivity contribution in [2.24, 2.45) is 5.73 Å². The molecule has 0 bridgehead atoms. The molecule has 5 heteroatoms. The SMILES string of the molecule is COc1cccc(-c2noc(-c3cccc(CN)c3)n2)c1. The topological polar surface area (TPSA) is 74.2 Å². The summed E-state index contributed by atoms with van der Waals surface area (Å²) in [6.45, 7) is 0.477. The van der Waals surface area contributed by atoms with Gasteiger partial charge < -0.3 is 15.0 Å². The monoisotopic (exact) mass is 281 g/mol. The van der Waals surface area contributed by atoms with Crippen molar-refractivity contribution in [2.45, 2.75) is 6.54 Å². The van der Waals surface area contributed by atoms with Crippen LogP contribution in [0.5, 0.6) is 5.75 Å². The fourth-order valence-electron chi connectivity index (χ4n) is 2.05. The van der Waals surface area contributed by atoms with E-state index in [0.29, 0.717) is 18.3 Å². The zero-order valence-corrected chi connectivity index (χ0v) is 11.6. The minimum Gasteiger partial charge on any atom is -0.497 e. The number of aromatic nitrogens is 2. The predicted octanol–water partition coefficient (Wildman–Crippen LogP) is 2.87. The lowest BCUT2D eigenvalue weighted by Gasteiger charge is -2.00. The van der Waals surface area contributed by atoms with Gasteiger partial charge in [-0.2, -0.15) is 4.98 Å². The molecule has 0 atom stereocenters. The number of ether oxygens (including phenoxy) is 1. The van der Waals surface area contributed by atoms with Crippen LogP contribution in [0.2, 0.25) is 0 Å². The molecule has 106 valence electrons. The maximum Gasteiger partial charge on any atom is 0.258 e. The summed E-state index contributed by atoms with van der Waals surface area (Å²) in [6, 6.07) is 15.3. The number of nitrogens with zero attached hydrogens (tertiary/aromatic N) is 2. The summed E-state index contributed by atoms with van der Waals surface area (Å²) < 4.78 is 10.5. The molecule has 1 heterocycles. The van der Waals surface area contributed by atoms with Crippen molar-refractivity contribution in [3.05, 3.63) is 54.1 Å². The van der Waals surface area contributed by atoms with Gasteiger partial charge in [0.25, 0.3) is 5.89 Å². The molecule has 3 rings (SSSR count). The van der Waals surface area contributed by atoms with Gasteiger partial charge in [-0.05, 0) is 29.8 Å². The Hall–Kier alpha value is -2.66. The summed E-state index contributed by atoms with van der Waals surface area (Å²) in [5.74, 6) is 1.76. The molecule has 3 aromatic rings. The molecule has 0 aliphatic heterocycles. The third-order valence-corrected chi connectivity index (χ3v) is 3.16. The predicted molar refractivity (Wildman–Crippen MR) is 79.6 cm³/mol. The maximum absolute atomic E-state index is 5.64. The molecule has 0 spiro atoms. The van der Waals surface area contributed by atoms with Gasteiger partial charge in [0.05, 0.1) is 7.11 Å². The fourth-order valence-corrected chi connectivity index (χ4v) is 2.05. The molecule has 0 aliphatic rings. The van der Waals surface area contributed by atoms with Gasteiger partial charge in [0.2, 0.25) is 5.82 Å². The first kappa shape index (κ1) is 13.3. The highest BCUT2D eigenvalue weighted by Crippen LogP contribution is 2.25. The van der Waals surface area contributed by atoms with Gasteiger partial charge in [-0.25, -0.2) is 0 Å². The lowest BCUT2D eigenvalue weighted by Crippen LogP contribution is -1.95. The summed E-state index contributed by atoms with van der Waals surface area (Å²) in [5.41, 5.74) is 8.37. The third-order valence-electron chi connectivity index (χ3n) is 3.16. The highest BCUT2D eigenvalue weighted by molar-refractivity contribution is 5.61. The van der Waals surface area contributed by atoms with E-state index in [1.54, 1.807) is 7.11 Å². The van der Waals surface area contributed by atoms with Crippen LogP contribution in [0, 0.1) is 0 Å². The Morgan fingerprint density at radius 1 is 1.10 bits per heavy atom. The van der Waals surface area contributed by atoms with E-state index in [0.717, 1.165) is 22.4 Å². The molecule has 21 heavy (non-hydrogen) atoms. The summed E-state index contributed by atoms with van der Waals surface area (Å²) in [4.78, 5) is 4.43. The van der Waals surface area contributed by atoms with Gasteiger partial charge in [-0.3, -0.25) is 0 Å². The minimum absolute atomic E-state index is 0.475. The second kappa shape index (κ2) is 5.76. The van der Waals surface area contributed by atoms with Crippen LogP contribution < -0.4 is 10.5 Å². The number of benzene rings is 2. The van der Waals surface area contributed by atoms with Crippen molar-refractivity contribution < 1.29 is 9.26 Å². The Labute approximate surface area is 122 Å². The van der Waals surface area contributed by atoms with Gasteiger partial charge in [0, 0.05) is 17.7 Å². The van der Waals surface area contributed by atoms with Crippen molar-refractivity contribution in [3.63, 3.8) is 0 Å². The first-order valence-corrected chi connectivity index (χ1v) is 6.57. The highest BCUT2D eigenvalue weighted by atomic mass is 16.5. The number of nitrogens with two attached hydrogens (primary N) is 1. The van der Waals surface area contributed by atoms with Gasteiger partial charge >= 0.3 is 0 Å². The maximum atomic E-state index is 5.64. The Morgan fingerprint density at radius 3 is 2.71 bits per heavy atom. The number of methoxy groups -OCH3 is 1. The minimum atomic E-state index is 0.475. The van der Waals surface area contributed by atoms with E-state index in [2.05, 4.69) is 10.1 Å². The van der Waals surface area contributed by atoms with Crippen molar-refractivity contribution in [1.29, 1.82) is 0 Å². The smallest absolute Gasteiger partial charge is 0.258 e. The Kier molecular flexibility index (Phi) is 3.66. The summed E-state index contributed by atoms with van der Waals surface area (Å²) in [6.07, 6.45) is 0. The zero-order valence-electron chi connectivity index (χ0n) is 11.6. The van der Waals surface area contributed by atoms with Gasteiger partial charge in [-0.15, -0.1) is 0 Å². The number of hydrogen-bond donors (Lipinski definition) is 1. The lowest BCUT2D eigenvalue weighted by molar-refractivity contribution is 0.414. The van der Waals surface area contributed by atoms with Crippen molar-refractivity contribution >= 4 is 0 Å². The van der Waals surface area contributed by atoms with Crippen LogP contribution in [0.25, 0.3) is 22.8 Å². The fraction of sp³-hybridized carbons (Fsp3) is 0.125. The second-order valence-electron chi connectivity index (χ2n) is 4.56. The molecule has 0 aliphatic carbocycles. The van der Waals surface area contributed by atoms with Crippen molar-refractivity contribution in [1.82, 2.24) is 10.1 Å². The van der Waals surface area contributed by atoms with Crippen molar-refractivity contribution in [3.8, 4) is 28.6 Å². The van der Waals surface area contributed by atoms with Gasteiger partial charge in [0.15, 0.2) is 0 Å². The van der Waals surface area contributed by atoms with Crippen LogP contribution in [0.4, 0.5) is 0 Å². The summed E-state index contributed by atoms with van der Waals surface area (Å²) >= 11 is 0. The molecule has 0 unspecified atom stereocenters.